The van der Waals surface area contributed by atoms with Crippen molar-refractivity contribution in [3.63, 3.8) is 0 Å². The fourth-order valence-corrected chi connectivity index (χ4v) is 2.82. The second-order valence-electron chi connectivity index (χ2n) is 5.69. The average molecular weight is 320 g/mol. The molecule has 3 heterocycles. The van der Waals surface area contributed by atoms with Gasteiger partial charge in [0, 0.05) is 25.2 Å². The zero-order valence-corrected chi connectivity index (χ0v) is 13.0. The molecule has 1 amide bonds. The van der Waals surface area contributed by atoms with Crippen LogP contribution in [0, 0.1) is 0 Å². The van der Waals surface area contributed by atoms with Crippen molar-refractivity contribution in [3.8, 4) is 5.88 Å². The summed E-state index contributed by atoms with van der Waals surface area (Å²) >= 11 is 0. The van der Waals surface area contributed by atoms with Gasteiger partial charge in [-0.15, -0.1) is 0 Å². The van der Waals surface area contributed by atoms with Gasteiger partial charge in [-0.1, -0.05) is 18.2 Å². The molecule has 1 saturated heterocycles. The lowest BCUT2D eigenvalue weighted by atomic mass is 10.3. The van der Waals surface area contributed by atoms with Gasteiger partial charge in [-0.25, -0.2) is 9.97 Å². The van der Waals surface area contributed by atoms with E-state index >= 15 is 0 Å². The first-order valence-electron chi connectivity index (χ1n) is 7.88. The number of rotatable bonds is 3. The highest BCUT2D eigenvalue weighted by atomic mass is 16.5. The van der Waals surface area contributed by atoms with Crippen LogP contribution >= 0.6 is 0 Å². The number of para-hydroxylation sites is 2. The number of likely N-dealkylation sites (tertiary alicyclic amines) is 1. The lowest BCUT2D eigenvalue weighted by Gasteiger charge is -2.16. The zero-order valence-electron chi connectivity index (χ0n) is 13.0. The van der Waals surface area contributed by atoms with Gasteiger partial charge >= 0.3 is 0 Å². The van der Waals surface area contributed by atoms with E-state index in [1.807, 2.05) is 42.5 Å². The van der Waals surface area contributed by atoms with Gasteiger partial charge in [0.25, 0.3) is 5.91 Å². The number of pyridine rings is 1. The highest BCUT2D eigenvalue weighted by Crippen LogP contribution is 2.18. The van der Waals surface area contributed by atoms with Gasteiger partial charge < -0.3 is 9.64 Å². The van der Waals surface area contributed by atoms with Crippen LogP contribution in [0.1, 0.15) is 16.9 Å². The Morgan fingerprint density at radius 2 is 1.92 bits per heavy atom. The largest absolute Gasteiger partial charge is 0.472 e. The molecule has 0 radical (unpaired) electrons. The maximum Gasteiger partial charge on any atom is 0.274 e. The number of nitrogens with zero attached hydrogens (tertiary/aromatic N) is 4. The van der Waals surface area contributed by atoms with Crippen LogP contribution in [0.4, 0.5) is 0 Å². The quantitative estimate of drug-likeness (QED) is 0.741. The summed E-state index contributed by atoms with van der Waals surface area (Å²) in [7, 11) is 0. The van der Waals surface area contributed by atoms with E-state index in [9.17, 15) is 4.79 Å². The minimum Gasteiger partial charge on any atom is -0.472 e. The smallest absolute Gasteiger partial charge is 0.274 e. The summed E-state index contributed by atoms with van der Waals surface area (Å²) < 4.78 is 5.82. The third kappa shape index (κ3) is 2.90. The third-order valence-corrected chi connectivity index (χ3v) is 4.03. The van der Waals surface area contributed by atoms with Gasteiger partial charge in [0.2, 0.25) is 5.88 Å². The van der Waals surface area contributed by atoms with Crippen molar-refractivity contribution in [1.29, 1.82) is 0 Å². The maximum absolute atomic E-state index is 12.6. The van der Waals surface area contributed by atoms with Crippen LogP contribution < -0.4 is 4.74 Å². The van der Waals surface area contributed by atoms with E-state index in [4.69, 9.17) is 4.74 Å². The fraction of sp³-hybridized carbons (Fsp3) is 0.222. The van der Waals surface area contributed by atoms with E-state index in [-0.39, 0.29) is 12.0 Å². The van der Waals surface area contributed by atoms with E-state index in [0.717, 1.165) is 17.5 Å². The molecule has 1 fully saturated rings. The molecule has 120 valence electrons. The predicted molar refractivity (Wildman–Crippen MR) is 88.7 cm³/mol. The Bertz CT molecular complexity index is 869. The van der Waals surface area contributed by atoms with Crippen molar-refractivity contribution in [2.45, 2.75) is 12.5 Å². The molecule has 0 bridgehead atoms. The molecule has 3 aromatic rings. The van der Waals surface area contributed by atoms with Gasteiger partial charge in [0.15, 0.2) is 0 Å². The molecule has 0 aliphatic carbocycles. The molecule has 1 unspecified atom stereocenters. The minimum atomic E-state index is -0.111. The molecule has 6 nitrogen and oxygen atoms in total. The number of carbonyl (C=O) groups is 1. The number of hydrogen-bond donors (Lipinski definition) is 0. The zero-order chi connectivity index (χ0) is 16.4. The van der Waals surface area contributed by atoms with Crippen LogP contribution in [-0.4, -0.2) is 45.0 Å². The molecule has 24 heavy (non-hydrogen) atoms. The van der Waals surface area contributed by atoms with Crippen LogP contribution in [-0.2, 0) is 0 Å². The number of hydrogen-bond acceptors (Lipinski definition) is 5. The minimum absolute atomic E-state index is 0.0442. The van der Waals surface area contributed by atoms with Crippen molar-refractivity contribution in [3.05, 3.63) is 60.6 Å². The molecule has 1 atom stereocenters. The molecule has 2 aromatic heterocycles. The SMILES string of the molecule is O=C(c1cnc2ccccc2n1)N1CCC(Oc2ccccn2)C1. The van der Waals surface area contributed by atoms with E-state index < -0.39 is 0 Å². The number of benzene rings is 1. The Kier molecular flexibility index (Phi) is 3.78. The van der Waals surface area contributed by atoms with Gasteiger partial charge in [-0.05, 0) is 18.2 Å². The molecule has 0 spiro atoms. The van der Waals surface area contributed by atoms with Crippen molar-refractivity contribution >= 4 is 16.9 Å². The Morgan fingerprint density at radius 3 is 2.75 bits per heavy atom. The molecule has 1 aliphatic heterocycles. The number of amides is 1. The molecule has 1 aliphatic rings. The predicted octanol–water partition coefficient (Wildman–Crippen LogP) is 2.32. The number of aromatic nitrogens is 3. The standard InChI is InChI=1S/C18H16N4O2/c23-18(16-11-20-14-5-1-2-6-15(14)21-16)22-10-8-13(12-22)24-17-7-3-4-9-19-17/h1-7,9,11,13H,8,10,12H2. The van der Waals surface area contributed by atoms with E-state index in [1.165, 1.54) is 6.20 Å². The van der Waals surface area contributed by atoms with Crippen molar-refractivity contribution in [2.75, 3.05) is 13.1 Å². The normalized spacial score (nSPS) is 17.2. The van der Waals surface area contributed by atoms with Crippen molar-refractivity contribution < 1.29 is 9.53 Å². The molecule has 4 rings (SSSR count). The highest BCUT2D eigenvalue weighted by Gasteiger charge is 2.29. The van der Waals surface area contributed by atoms with Crippen LogP contribution in [0.15, 0.2) is 54.9 Å². The third-order valence-electron chi connectivity index (χ3n) is 4.03. The first-order valence-corrected chi connectivity index (χ1v) is 7.88. The second-order valence-corrected chi connectivity index (χ2v) is 5.69. The topological polar surface area (TPSA) is 68.2 Å². The van der Waals surface area contributed by atoms with Gasteiger partial charge in [-0.3, -0.25) is 9.78 Å². The van der Waals surface area contributed by atoms with Crippen molar-refractivity contribution in [1.82, 2.24) is 19.9 Å². The summed E-state index contributed by atoms with van der Waals surface area (Å²) in [5.41, 5.74) is 1.88. The van der Waals surface area contributed by atoms with Crippen LogP contribution in [0.2, 0.25) is 0 Å². The molecular formula is C18H16N4O2. The fourth-order valence-electron chi connectivity index (χ4n) is 2.82. The lowest BCUT2D eigenvalue weighted by Crippen LogP contribution is -2.31. The van der Waals surface area contributed by atoms with Crippen LogP contribution in [0.25, 0.3) is 11.0 Å². The molecule has 0 N–H and O–H groups in total. The Balaban J connectivity index is 1.46. The van der Waals surface area contributed by atoms with E-state index in [1.54, 1.807) is 11.1 Å². The molecule has 0 saturated carbocycles. The average Bonchev–Trinajstić information content (AvgIpc) is 3.10. The summed E-state index contributed by atoms with van der Waals surface area (Å²) in [5, 5.41) is 0. The monoisotopic (exact) mass is 320 g/mol. The van der Waals surface area contributed by atoms with Crippen molar-refractivity contribution in [2.24, 2.45) is 0 Å². The summed E-state index contributed by atoms with van der Waals surface area (Å²) in [5.74, 6) is 0.475. The molecule has 6 heteroatoms. The Morgan fingerprint density at radius 1 is 1.08 bits per heavy atom. The lowest BCUT2D eigenvalue weighted by molar-refractivity contribution is 0.0765. The summed E-state index contributed by atoms with van der Waals surface area (Å²) in [4.78, 5) is 27.3. The number of fused-ring (bicyclic) bond motifs is 1. The summed E-state index contributed by atoms with van der Waals surface area (Å²) in [6.07, 6.45) is 3.97. The highest BCUT2D eigenvalue weighted by molar-refractivity contribution is 5.94. The van der Waals surface area contributed by atoms with Gasteiger partial charge in [-0.2, -0.15) is 0 Å². The van der Waals surface area contributed by atoms with Crippen LogP contribution in [0.3, 0.4) is 0 Å². The maximum atomic E-state index is 12.6. The second kappa shape index (κ2) is 6.23. The van der Waals surface area contributed by atoms with E-state index in [0.29, 0.717) is 24.7 Å². The molecule has 1 aromatic carbocycles. The molecular weight excluding hydrogens is 304 g/mol. The summed E-state index contributed by atoms with van der Waals surface area (Å²) in [6.45, 7) is 1.18. The van der Waals surface area contributed by atoms with Crippen LogP contribution in [0.5, 0.6) is 5.88 Å². The first kappa shape index (κ1) is 14.6. The number of ether oxygens (including phenoxy) is 1. The summed E-state index contributed by atoms with van der Waals surface area (Å²) in [6, 6.07) is 13.1. The van der Waals surface area contributed by atoms with E-state index in [2.05, 4.69) is 15.0 Å². The Labute approximate surface area is 139 Å². The Hall–Kier alpha value is -3.02. The van der Waals surface area contributed by atoms with Gasteiger partial charge in [0.1, 0.15) is 11.8 Å². The number of carbonyl (C=O) groups excluding carboxylic acids is 1. The first-order chi connectivity index (χ1) is 11.8. The van der Waals surface area contributed by atoms with Gasteiger partial charge in [0.05, 0.1) is 23.8 Å².